The molecule has 9 heteroatoms. The molecule has 0 saturated carbocycles. The lowest BCUT2D eigenvalue weighted by atomic mass is 9.73. The average molecular weight is 431 g/mol. The van der Waals surface area contributed by atoms with Crippen LogP contribution in [0.15, 0.2) is 24.3 Å². The summed E-state index contributed by atoms with van der Waals surface area (Å²) in [7, 11) is 3.55. The number of fused-ring (bicyclic) bond motifs is 1. The van der Waals surface area contributed by atoms with E-state index in [2.05, 4.69) is 28.0 Å². The number of nitrogens with zero attached hydrogens (tertiary/aromatic N) is 2. The van der Waals surface area contributed by atoms with Crippen LogP contribution >= 0.6 is 0 Å². The Kier molecular flexibility index (Phi) is 5.44. The fraction of sp³-hybridized carbons (Fsp3) is 0.682. The first-order valence-corrected chi connectivity index (χ1v) is 11.2. The molecule has 1 aromatic carbocycles. The highest BCUT2D eigenvalue weighted by Gasteiger charge is 2.52. The van der Waals surface area contributed by atoms with Crippen LogP contribution in [0.4, 0.5) is 0 Å². The second-order valence-corrected chi connectivity index (χ2v) is 9.44. The Hall–Kier alpha value is -1.75. The number of hydrogen-bond donors (Lipinski definition) is 4. The van der Waals surface area contributed by atoms with E-state index in [4.69, 9.17) is 15.2 Å². The number of carbonyl (C=O) groups excluding carboxylic acids is 1. The van der Waals surface area contributed by atoms with Gasteiger partial charge in [0.15, 0.2) is 0 Å². The highest BCUT2D eigenvalue weighted by Crippen LogP contribution is 2.42. The molecule has 1 spiro atoms. The minimum absolute atomic E-state index is 0.0673. The van der Waals surface area contributed by atoms with Gasteiger partial charge in [-0.25, -0.2) is 10.9 Å². The number of amides is 1. The Balaban J connectivity index is 1.30. The molecule has 0 bridgehead atoms. The summed E-state index contributed by atoms with van der Waals surface area (Å²) in [4.78, 5) is 17.7. The fourth-order valence-electron chi connectivity index (χ4n) is 5.84. The number of likely N-dealkylation sites (tertiary alicyclic amines) is 1. The van der Waals surface area contributed by atoms with Crippen molar-refractivity contribution in [3.8, 4) is 5.75 Å². The fourth-order valence-corrected chi connectivity index (χ4v) is 5.84. The molecule has 4 saturated heterocycles. The van der Waals surface area contributed by atoms with Crippen LogP contribution in [0, 0.1) is 11.3 Å². The van der Waals surface area contributed by atoms with Gasteiger partial charge in [0, 0.05) is 37.2 Å². The van der Waals surface area contributed by atoms with Crippen LogP contribution in [0.2, 0.25) is 0 Å². The lowest BCUT2D eigenvalue weighted by molar-refractivity contribution is -0.151. The van der Waals surface area contributed by atoms with Crippen molar-refractivity contribution in [3.05, 3.63) is 29.8 Å². The van der Waals surface area contributed by atoms with E-state index in [0.29, 0.717) is 0 Å². The van der Waals surface area contributed by atoms with E-state index >= 15 is 0 Å². The zero-order valence-corrected chi connectivity index (χ0v) is 18.5. The van der Waals surface area contributed by atoms with E-state index in [1.165, 1.54) is 0 Å². The largest absolute Gasteiger partial charge is 0.496 e. The molecule has 5 rings (SSSR count). The van der Waals surface area contributed by atoms with Gasteiger partial charge < -0.3 is 20.1 Å². The Labute approximate surface area is 183 Å². The molecule has 31 heavy (non-hydrogen) atoms. The molecule has 4 unspecified atom stereocenters. The Morgan fingerprint density at radius 1 is 1.23 bits per heavy atom. The second kappa shape index (κ2) is 7.99. The Bertz CT molecular complexity index is 829. The molecular formula is C22H34N6O3. The Morgan fingerprint density at radius 2 is 1.97 bits per heavy atom. The topological polar surface area (TPSA) is 104 Å². The van der Waals surface area contributed by atoms with E-state index in [-0.39, 0.29) is 47.9 Å². The van der Waals surface area contributed by atoms with Crippen LogP contribution < -0.4 is 26.6 Å². The minimum atomic E-state index is -0.258. The normalized spacial score (nSPS) is 37.9. The smallest absolute Gasteiger partial charge is 0.232 e. The van der Waals surface area contributed by atoms with Gasteiger partial charge in [-0.15, -0.1) is 0 Å². The third kappa shape index (κ3) is 3.35. The highest BCUT2D eigenvalue weighted by atomic mass is 16.5. The molecule has 4 aliphatic heterocycles. The number of ether oxygens (including phenoxy) is 2. The summed E-state index contributed by atoms with van der Waals surface area (Å²) < 4.78 is 11.4. The van der Waals surface area contributed by atoms with E-state index in [9.17, 15) is 4.79 Å². The monoisotopic (exact) mass is 430 g/mol. The SMILES string of the molecule is COc1ccccc1C1NNC2NC(N3CCC4(CC3)CO[C@@H](C)[C@H]4N)N(C)C(=O)C21. The van der Waals surface area contributed by atoms with Crippen LogP contribution in [0.5, 0.6) is 5.75 Å². The van der Waals surface area contributed by atoms with Gasteiger partial charge in [-0.05, 0) is 25.8 Å². The van der Waals surface area contributed by atoms with Crippen LogP contribution in [-0.4, -0.2) is 74.2 Å². The van der Waals surface area contributed by atoms with Gasteiger partial charge in [0.2, 0.25) is 5.91 Å². The first-order valence-electron chi connectivity index (χ1n) is 11.2. The minimum Gasteiger partial charge on any atom is -0.496 e. The summed E-state index contributed by atoms with van der Waals surface area (Å²) >= 11 is 0. The lowest BCUT2D eigenvalue weighted by Gasteiger charge is -2.49. The van der Waals surface area contributed by atoms with Crippen molar-refractivity contribution in [2.24, 2.45) is 17.1 Å². The van der Waals surface area contributed by atoms with E-state index < -0.39 is 0 Å². The maximum Gasteiger partial charge on any atom is 0.232 e. The molecule has 9 nitrogen and oxygen atoms in total. The van der Waals surface area contributed by atoms with Crippen molar-refractivity contribution in [2.45, 2.75) is 50.4 Å². The molecule has 5 N–H and O–H groups in total. The predicted octanol–water partition coefficient (Wildman–Crippen LogP) is -0.0402. The molecule has 0 aromatic heterocycles. The van der Waals surface area contributed by atoms with Crippen molar-refractivity contribution >= 4 is 5.91 Å². The summed E-state index contributed by atoms with van der Waals surface area (Å²) in [5, 5.41) is 3.66. The molecule has 6 atom stereocenters. The molecule has 1 aromatic rings. The summed E-state index contributed by atoms with van der Waals surface area (Å²) in [6, 6.07) is 7.78. The third-order valence-electron chi connectivity index (χ3n) is 7.90. The van der Waals surface area contributed by atoms with Crippen LogP contribution in [0.3, 0.4) is 0 Å². The van der Waals surface area contributed by atoms with Crippen molar-refractivity contribution in [1.29, 1.82) is 0 Å². The van der Waals surface area contributed by atoms with Gasteiger partial charge in [-0.3, -0.25) is 15.0 Å². The van der Waals surface area contributed by atoms with Crippen LogP contribution in [0.25, 0.3) is 0 Å². The number of hydrogen-bond acceptors (Lipinski definition) is 8. The van der Waals surface area contributed by atoms with Crippen LogP contribution in [0.1, 0.15) is 31.4 Å². The maximum atomic E-state index is 13.5. The molecule has 0 aliphatic carbocycles. The number of para-hydroxylation sites is 1. The molecule has 1 amide bonds. The van der Waals surface area contributed by atoms with E-state index in [1.807, 2.05) is 36.2 Å². The summed E-state index contributed by atoms with van der Waals surface area (Å²) in [5.74, 6) is 0.647. The molecule has 4 fully saturated rings. The first kappa shape index (κ1) is 21.1. The number of rotatable bonds is 3. The van der Waals surface area contributed by atoms with E-state index in [1.54, 1.807) is 7.11 Å². The first-order chi connectivity index (χ1) is 14.9. The lowest BCUT2D eigenvalue weighted by Crippen LogP contribution is -2.70. The van der Waals surface area contributed by atoms with Gasteiger partial charge in [0.1, 0.15) is 12.0 Å². The molecule has 4 heterocycles. The third-order valence-corrected chi connectivity index (χ3v) is 7.90. The number of methoxy groups -OCH3 is 1. The molecule has 4 aliphatic rings. The predicted molar refractivity (Wildman–Crippen MR) is 116 cm³/mol. The standard InChI is InChI=1S/C22H34N6O3/c1-13-18(23)22(12-31-13)8-10-28(11-9-22)21-24-19-16(20(29)27(21)2)17(25-26-19)14-6-4-5-7-15(14)30-3/h4-7,13,16-19,21,24-26H,8-12,23H2,1-3H3/t13-,16?,17?,18+,19?,21?/m0/s1. The maximum absolute atomic E-state index is 13.5. The zero-order valence-electron chi connectivity index (χ0n) is 18.5. The number of nitrogens with two attached hydrogens (primary N) is 1. The van der Waals surface area contributed by atoms with Crippen molar-refractivity contribution in [2.75, 3.05) is 33.9 Å². The van der Waals surface area contributed by atoms with Crippen molar-refractivity contribution in [1.82, 2.24) is 26.0 Å². The Morgan fingerprint density at radius 3 is 2.65 bits per heavy atom. The summed E-state index contributed by atoms with van der Waals surface area (Å²) in [6.45, 7) is 4.59. The van der Waals surface area contributed by atoms with Gasteiger partial charge >= 0.3 is 0 Å². The van der Waals surface area contributed by atoms with Crippen LogP contribution in [-0.2, 0) is 9.53 Å². The van der Waals surface area contributed by atoms with E-state index in [0.717, 1.165) is 43.9 Å². The zero-order chi connectivity index (χ0) is 21.8. The number of benzene rings is 1. The molecule has 0 radical (unpaired) electrons. The van der Waals surface area contributed by atoms with Gasteiger partial charge in [0.05, 0.1) is 37.9 Å². The molecular weight excluding hydrogens is 396 g/mol. The van der Waals surface area contributed by atoms with Gasteiger partial charge in [-0.2, -0.15) is 0 Å². The second-order valence-electron chi connectivity index (χ2n) is 9.44. The van der Waals surface area contributed by atoms with Gasteiger partial charge in [0.25, 0.3) is 0 Å². The quantitative estimate of drug-likeness (QED) is 0.530. The number of hydrazine groups is 1. The number of carbonyl (C=O) groups is 1. The number of nitrogens with one attached hydrogen (secondary N) is 3. The number of piperidine rings is 1. The highest BCUT2D eigenvalue weighted by molar-refractivity contribution is 5.82. The molecule has 170 valence electrons. The van der Waals surface area contributed by atoms with Crippen molar-refractivity contribution < 1.29 is 14.3 Å². The summed E-state index contributed by atoms with van der Waals surface area (Å²) in [5.41, 5.74) is 14.2. The summed E-state index contributed by atoms with van der Waals surface area (Å²) in [6.07, 6.45) is 1.79. The van der Waals surface area contributed by atoms with Crippen molar-refractivity contribution in [3.63, 3.8) is 0 Å². The van der Waals surface area contributed by atoms with Gasteiger partial charge in [-0.1, -0.05) is 18.2 Å². The average Bonchev–Trinajstić information content (AvgIpc) is 3.34.